The fraction of sp³-hybridized carbons (Fsp3) is 0.875. The second-order valence-electron chi connectivity index (χ2n) is 7.56. The highest BCUT2D eigenvalue weighted by atomic mass is 16.6. The standard InChI is InChI=1S/C16H28N2O4/c1-15(2,3)22-14(20)17-8-6-12(7-9-17)18-10-11-21-16(4,5)13(18)19/h12H,6-11H2,1-5H3. The molecule has 2 saturated heterocycles. The number of hydrogen-bond acceptors (Lipinski definition) is 4. The van der Waals surface area contributed by atoms with Crippen molar-refractivity contribution in [3.05, 3.63) is 0 Å². The van der Waals surface area contributed by atoms with E-state index >= 15 is 0 Å². The van der Waals surface area contributed by atoms with Gasteiger partial charge >= 0.3 is 6.09 Å². The van der Waals surface area contributed by atoms with Gasteiger partial charge < -0.3 is 19.3 Å². The van der Waals surface area contributed by atoms with E-state index in [2.05, 4.69) is 0 Å². The minimum Gasteiger partial charge on any atom is -0.444 e. The van der Waals surface area contributed by atoms with Crippen molar-refractivity contribution in [2.75, 3.05) is 26.2 Å². The van der Waals surface area contributed by atoms with E-state index in [1.165, 1.54) is 0 Å². The Morgan fingerprint density at radius 2 is 1.82 bits per heavy atom. The molecule has 2 rings (SSSR count). The molecule has 0 radical (unpaired) electrons. The quantitative estimate of drug-likeness (QED) is 0.743. The second-order valence-corrected chi connectivity index (χ2v) is 7.56. The van der Waals surface area contributed by atoms with Crippen LogP contribution in [0.3, 0.4) is 0 Å². The summed E-state index contributed by atoms with van der Waals surface area (Å²) >= 11 is 0. The van der Waals surface area contributed by atoms with Crippen molar-refractivity contribution in [2.45, 2.75) is 64.7 Å². The minimum atomic E-state index is -0.736. The molecule has 0 spiro atoms. The molecule has 2 aliphatic rings. The maximum Gasteiger partial charge on any atom is 0.410 e. The molecule has 0 unspecified atom stereocenters. The van der Waals surface area contributed by atoms with E-state index in [1.807, 2.05) is 39.5 Å². The van der Waals surface area contributed by atoms with Crippen LogP contribution < -0.4 is 0 Å². The molecule has 126 valence electrons. The Hall–Kier alpha value is -1.30. The lowest BCUT2D eigenvalue weighted by atomic mass is 9.98. The van der Waals surface area contributed by atoms with Gasteiger partial charge in [0.05, 0.1) is 6.61 Å². The van der Waals surface area contributed by atoms with Crippen LogP contribution in [0.2, 0.25) is 0 Å². The first-order valence-corrected chi connectivity index (χ1v) is 8.03. The fourth-order valence-corrected chi connectivity index (χ4v) is 2.94. The van der Waals surface area contributed by atoms with Gasteiger partial charge in [0.15, 0.2) is 0 Å². The Bertz CT molecular complexity index is 434. The maximum absolute atomic E-state index is 12.4. The number of carbonyl (C=O) groups is 2. The van der Waals surface area contributed by atoms with E-state index in [4.69, 9.17) is 9.47 Å². The molecule has 6 nitrogen and oxygen atoms in total. The number of hydrogen-bond donors (Lipinski definition) is 0. The molecule has 0 aliphatic carbocycles. The van der Waals surface area contributed by atoms with Gasteiger partial charge in [-0.05, 0) is 47.5 Å². The maximum atomic E-state index is 12.4. The summed E-state index contributed by atoms with van der Waals surface area (Å²) in [5.41, 5.74) is -1.21. The van der Waals surface area contributed by atoms with E-state index in [0.29, 0.717) is 26.2 Å². The monoisotopic (exact) mass is 312 g/mol. The lowest BCUT2D eigenvalue weighted by Crippen LogP contribution is -2.59. The number of amides is 2. The van der Waals surface area contributed by atoms with Crippen LogP contribution in [0.4, 0.5) is 4.79 Å². The smallest absolute Gasteiger partial charge is 0.410 e. The van der Waals surface area contributed by atoms with Crippen LogP contribution in [-0.4, -0.2) is 65.3 Å². The van der Waals surface area contributed by atoms with Gasteiger partial charge in [0.1, 0.15) is 11.2 Å². The Kier molecular flexibility index (Phi) is 4.70. The molecular formula is C16H28N2O4. The molecule has 2 fully saturated rings. The largest absolute Gasteiger partial charge is 0.444 e. The third kappa shape index (κ3) is 3.91. The number of carbonyl (C=O) groups excluding carboxylic acids is 2. The topological polar surface area (TPSA) is 59.1 Å². The van der Waals surface area contributed by atoms with Crippen molar-refractivity contribution >= 4 is 12.0 Å². The average Bonchev–Trinajstić information content (AvgIpc) is 2.40. The van der Waals surface area contributed by atoms with Gasteiger partial charge in [0.2, 0.25) is 0 Å². The Labute approximate surface area is 132 Å². The summed E-state index contributed by atoms with van der Waals surface area (Å²) in [6, 6.07) is 0.189. The molecule has 6 heteroatoms. The van der Waals surface area contributed by atoms with Gasteiger partial charge in [-0.25, -0.2) is 4.79 Å². The summed E-state index contributed by atoms with van der Waals surface area (Å²) in [7, 11) is 0. The predicted molar refractivity (Wildman–Crippen MR) is 82.6 cm³/mol. The van der Waals surface area contributed by atoms with Gasteiger partial charge in [0, 0.05) is 25.7 Å². The van der Waals surface area contributed by atoms with E-state index in [0.717, 1.165) is 12.8 Å². The Balaban J connectivity index is 1.89. The number of morpholine rings is 1. The number of likely N-dealkylation sites (tertiary alicyclic amines) is 1. The summed E-state index contributed by atoms with van der Waals surface area (Å²) in [5, 5.41) is 0. The van der Waals surface area contributed by atoms with Crippen LogP contribution in [-0.2, 0) is 14.3 Å². The number of piperidine rings is 1. The first-order chi connectivity index (χ1) is 10.1. The summed E-state index contributed by atoms with van der Waals surface area (Å²) < 4.78 is 10.9. The normalized spacial score (nSPS) is 23.6. The average molecular weight is 312 g/mol. The van der Waals surface area contributed by atoms with Gasteiger partial charge in [-0.15, -0.1) is 0 Å². The highest BCUT2D eigenvalue weighted by molar-refractivity contribution is 5.85. The van der Waals surface area contributed by atoms with Crippen LogP contribution in [0.25, 0.3) is 0 Å². The molecule has 0 aromatic carbocycles. The van der Waals surface area contributed by atoms with Crippen LogP contribution in [0.15, 0.2) is 0 Å². The third-order valence-corrected chi connectivity index (χ3v) is 4.13. The number of rotatable bonds is 1. The highest BCUT2D eigenvalue weighted by Gasteiger charge is 2.41. The van der Waals surface area contributed by atoms with E-state index in [1.54, 1.807) is 4.90 Å². The predicted octanol–water partition coefficient (Wildman–Crippen LogP) is 2.02. The molecule has 0 N–H and O–H groups in total. The van der Waals surface area contributed by atoms with Crippen LogP contribution in [0, 0.1) is 0 Å². The lowest BCUT2D eigenvalue weighted by Gasteiger charge is -2.44. The highest BCUT2D eigenvalue weighted by Crippen LogP contribution is 2.25. The molecule has 22 heavy (non-hydrogen) atoms. The SMILES string of the molecule is CC(C)(C)OC(=O)N1CCC(N2CCOC(C)(C)C2=O)CC1. The third-order valence-electron chi connectivity index (χ3n) is 4.13. The van der Waals surface area contributed by atoms with Gasteiger partial charge in [-0.3, -0.25) is 4.79 Å². The molecule has 0 aromatic rings. The molecule has 2 heterocycles. The first-order valence-electron chi connectivity index (χ1n) is 8.03. The molecule has 0 bridgehead atoms. The second kappa shape index (κ2) is 6.07. The Morgan fingerprint density at radius 3 is 2.36 bits per heavy atom. The van der Waals surface area contributed by atoms with Crippen molar-refractivity contribution in [2.24, 2.45) is 0 Å². The number of ether oxygens (including phenoxy) is 2. The molecular weight excluding hydrogens is 284 g/mol. The van der Waals surface area contributed by atoms with Crippen molar-refractivity contribution in [1.82, 2.24) is 9.80 Å². The minimum absolute atomic E-state index is 0.0504. The fourth-order valence-electron chi connectivity index (χ4n) is 2.94. The zero-order valence-corrected chi connectivity index (χ0v) is 14.3. The number of nitrogens with zero attached hydrogens (tertiary/aromatic N) is 2. The molecule has 0 aromatic heterocycles. The molecule has 2 amide bonds. The van der Waals surface area contributed by atoms with Crippen LogP contribution in [0.1, 0.15) is 47.5 Å². The van der Waals surface area contributed by atoms with E-state index in [-0.39, 0.29) is 18.0 Å². The summed E-state index contributed by atoms with van der Waals surface area (Å²) in [6.07, 6.45) is 1.32. The molecule has 0 saturated carbocycles. The van der Waals surface area contributed by atoms with Crippen LogP contribution >= 0.6 is 0 Å². The van der Waals surface area contributed by atoms with Crippen molar-refractivity contribution < 1.29 is 19.1 Å². The van der Waals surface area contributed by atoms with Crippen molar-refractivity contribution in [3.63, 3.8) is 0 Å². The first kappa shape index (κ1) is 17.1. The Morgan fingerprint density at radius 1 is 1.23 bits per heavy atom. The lowest BCUT2D eigenvalue weighted by molar-refractivity contribution is -0.170. The van der Waals surface area contributed by atoms with E-state index in [9.17, 15) is 9.59 Å². The van der Waals surface area contributed by atoms with E-state index < -0.39 is 11.2 Å². The van der Waals surface area contributed by atoms with Gasteiger partial charge in [-0.2, -0.15) is 0 Å². The van der Waals surface area contributed by atoms with Crippen molar-refractivity contribution in [3.8, 4) is 0 Å². The molecule has 2 aliphatic heterocycles. The molecule has 0 atom stereocenters. The zero-order chi connectivity index (χ0) is 16.5. The summed E-state index contributed by atoms with van der Waals surface area (Å²) in [4.78, 5) is 28.2. The summed E-state index contributed by atoms with van der Waals surface area (Å²) in [5.74, 6) is 0.0504. The summed E-state index contributed by atoms with van der Waals surface area (Å²) in [6.45, 7) is 11.7. The van der Waals surface area contributed by atoms with Crippen LogP contribution in [0.5, 0.6) is 0 Å². The van der Waals surface area contributed by atoms with Gasteiger partial charge in [-0.1, -0.05) is 0 Å². The zero-order valence-electron chi connectivity index (χ0n) is 14.3. The van der Waals surface area contributed by atoms with Gasteiger partial charge in [0.25, 0.3) is 5.91 Å². The van der Waals surface area contributed by atoms with Crippen molar-refractivity contribution in [1.29, 1.82) is 0 Å².